The fourth-order valence-corrected chi connectivity index (χ4v) is 3.90. The maximum Gasteiger partial charge on any atom is 0.262 e. The number of carbonyl (C=O) groups is 3. The summed E-state index contributed by atoms with van der Waals surface area (Å²) in [6.07, 6.45) is 0.760. The van der Waals surface area contributed by atoms with Gasteiger partial charge in [-0.3, -0.25) is 14.4 Å². The minimum Gasteiger partial charge on any atom is -0.482 e. The molecule has 0 spiro atoms. The van der Waals surface area contributed by atoms with Crippen LogP contribution in [0.3, 0.4) is 0 Å². The Hall–Kier alpha value is -3.86. The Kier molecular flexibility index (Phi) is 5.58. The summed E-state index contributed by atoms with van der Waals surface area (Å²) in [6, 6.07) is 13.6. The molecule has 4 rings (SSSR count). The van der Waals surface area contributed by atoms with Crippen molar-refractivity contribution in [3.63, 3.8) is 0 Å². The quantitative estimate of drug-likeness (QED) is 0.774. The molecule has 31 heavy (non-hydrogen) atoms. The average Bonchev–Trinajstić information content (AvgIpc) is 3.13. The summed E-state index contributed by atoms with van der Waals surface area (Å²) in [5.41, 5.74) is 2.72. The van der Waals surface area contributed by atoms with Crippen molar-refractivity contribution in [3.8, 4) is 11.8 Å². The summed E-state index contributed by atoms with van der Waals surface area (Å²) < 4.78 is 5.37. The van der Waals surface area contributed by atoms with E-state index in [1.807, 2.05) is 19.1 Å². The number of rotatable bonds is 5. The molecule has 0 aliphatic carbocycles. The van der Waals surface area contributed by atoms with Crippen molar-refractivity contribution in [1.82, 2.24) is 10.2 Å². The maximum absolute atomic E-state index is 13.0. The number of hydrogen-bond donors (Lipinski definition) is 2. The molecule has 2 aliphatic rings. The molecule has 2 aromatic rings. The Morgan fingerprint density at radius 2 is 2.16 bits per heavy atom. The zero-order valence-electron chi connectivity index (χ0n) is 17.1. The molecule has 2 atom stereocenters. The van der Waals surface area contributed by atoms with Crippen LogP contribution < -0.4 is 15.4 Å². The largest absolute Gasteiger partial charge is 0.482 e. The first-order chi connectivity index (χ1) is 14.9. The smallest absolute Gasteiger partial charge is 0.262 e. The maximum atomic E-state index is 13.0. The molecule has 0 bridgehead atoms. The molecule has 1 fully saturated rings. The van der Waals surface area contributed by atoms with Gasteiger partial charge < -0.3 is 20.3 Å². The van der Waals surface area contributed by atoms with Crippen molar-refractivity contribution in [2.24, 2.45) is 0 Å². The van der Waals surface area contributed by atoms with E-state index in [-0.39, 0.29) is 36.9 Å². The highest BCUT2D eigenvalue weighted by molar-refractivity contribution is 5.95. The van der Waals surface area contributed by atoms with Crippen molar-refractivity contribution >= 4 is 23.4 Å². The lowest BCUT2D eigenvalue weighted by atomic mass is 10.1. The van der Waals surface area contributed by atoms with Crippen LogP contribution in [0, 0.1) is 11.3 Å². The number of carbonyl (C=O) groups excluding carboxylic acids is 3. The molecular formula is C23H22N4O4. The highest BCUT2D eigenvalue weighted by Crippen LogP contribution is 2.31. The van der Waals surface area contributed by atoms with Gasteiger partial charge in [0, 0.05) is 13.0 Å². The number of fused-ring (bicyclic) bond motifs is 1. The van der Waals surface area contributed by atoms with Crippen molar-refractivity contribution in [3.05, 3.63) is 59.2 Å². The first-order valence-electron chi connectivity index (χ1n) is 10.1. The fraction of sp³-hybridized carbons (Fsp3) is 0.304. The number of amides is 3. The number of nitrogens with one attached hydrogen (secondary N) is 2. The minimum absolute atomic E-state index is 0.0124. The Morgan fingerprint density at radius 1 is 1.32 bits per heavy atom. The first-order valence-corrected chi connectivity index (χ1v) is 10.1. The Morgan fingerprint density at radius 3 is 2.97 bits per heavy atom. The minimum atomic E-state index is -0.568. The van der Waals surface area contributed by atoms with Crippen LogP contribution in [0.1, 0.15) is 42.5 Å². The summed E-state index contributed by atoms with van der Waals surface area (Å²) in [7, 11) is 0. The van der Waals surface area contributed by atoms with Gasteiger partial charge in [-0.2, -0.15) is 5.26 Å². The lowest BCUT2D eigenvalue weighted by molar-refractivity contribution is -0.136. The van der Waals surface area contributed by atoms with Crippen molar-refractivity contribution in [2.75, 3.05) is 11.9 Å². The second-order valence-corrected chi connectivity index (χ2v) is 7.71. The van der Waals surface area contributed by atoms with Gasteiger partial charge in [0.2, 0.25) is 11.8 Å². The third kappa shape index (κ3) is 4.36. The molecule has 0 aromatic heterocycles. The number of ether oxygens (including phenoxy) is 1. The van der Waals surface area contributed by atoms with Gasteiger partial charge in [0.15, 0.2) is 6.61 Å². The third-order valence-corrected chi connectivity index (χ3v) is 5.54. The van der Waals surface area contributed by atoms with Crippen LogP contribution >= 0.6 is 0 Å². The van der Waals surface area contributed by atoms with Gasteiger partial charge in [0.05, 0.1) is 23.4 Å². The first kappa shape index (κ1) is 20.4. The van der Waals surface area contributed by atoms with Gasteiger partial charge >= 0.3 is 0 Å². The monoisotopic (exact) mass is 418 g/mol. The molecule has 8 heteroatoms. The van der Waals surface area contributed by atoms with E-state index in [0.29, 0.717) is 29.8 Å². The van der Waals surface area contributed by atoms with Crippen molar-refractivity contribution < 1.29 is 19.1 Å². The van der Waals surface area contributed by atoms with E-state index in [1.54, 1.807) is 35.2 Å². The number of nitrogens with zero attached hydrogens (tertiary/aromatic N) is 2. The van der Waals surface area contributed by atoms with E-state index in [0.717, 1.165) is 11.1 Å². The molecular weight excluding hydrogens is 396 g/mol. The van der Waals surface area contributed by atoms with Crippen LogP contribution in [-0.2, 0) is 20.9 Å². The summed E-state index contributed by atoms with van der Waals surface area (Å²) in [6.45, 7) is 2.12. The van der Waals surface area contributed by atoms with E-state index in [9.17, 15) is 14.4 Å². The second-order valence-electron chi connectivity index (χ2n) is 7.71. The van der Waals surface area contributed by atoms with Gasteiger partial charge in [-0.05, 0) is 48.7 Å². The van der Waals surface area contributed by atoms with Gasteiger partial charge in [-0.15, -0.1) is 0 Å². The van der Waals surface area contributed by atoms with E-state index < -0.39 is 6.04 Å². The van der Waals surface area contributed by atoms with Crippen molar-refractivity contribution in [2.45, 2.75) is 38.4 Å². The highest BCUT2D eigenvalue weighted by atomic mass is 16.5. The standard InChI is InChI=1S/C23H22N4O4/c1-14(17-5-7-20-18(10-17)26-21(28)13-31-20)25-23(30)19-6-8-22(29)27(19)12-16-4-2-3-15(9-16)11-24/h2-5,7,9-10,14,19H,6,8,12-13H2,1H3,(H,25,30)(H,26,28)/t14-,19+/m1/s1. The summed E-state index contributed by atoms with van der Waals surface area (Å²) in [4.78, 5) is 38.5. The van der Waals surface area contributed by atoms with Gasteiger partial charge in [0.25, 0.3) is 5.91 Å². The van der Waals surface area contributed by atoms with Gasteiger partial charge in [0.1, 0.15) is 11.8 Å². The predicted molar refractivity (Wildman–Crippen MR) is 112 cm³/mol. The van der Waals surface area contributed by atoms with Gasteiger partial charge in [-0.25, -0.2) is 0 Å². The van der Waals surface area contributed by atoms with Gasteiger partial charge in [-0.1, -0.05) is 18.2 Å². The Bertz CT molecular complexity index is 1090. The molecule has 2 heterocycles. The number of likely N-dealkylation sites (tertiary alicyclic amines) is 1. The lowest BCUT2D eigenvalue weighted by Gasteiger charge is -2.26. The molecule has 2 aromatic carbocycles. The normalized spacial score (nSPS) is 18.5. The molecule has 3 amide bonds. The molecule has 1 saturated heterocycles. The predicted octanol–water partition coefficient (Wildman–Crippen LogP) is 2.26. The van der Waals surface area contributed by atoms with E-state index in [4.69, 9.17) is 10.00 Å². The SMILES string of the molecule is C[C@@H](NC(=O)[C@@H]1CCC(=O)N1Cc1cccc(C#N)c1)c1ccc2c(c1)NC(=O)CO2. The molecule has 0 saturated carbocycles. The molecule has 158 valence electrons. The van der Waals surface area contributed by atoms with Crippen LogP contribution in [0.4, 0.5) is 5.69 Å². The number of anilines is 1. The highest BCUT2D eigenvalue weighted by Gasteiger charge is 2.36. The number of hydrogen-bond acceptors (Lipinski definition) is 5. The molecule has 0 radical (unpaired) electrons. The summed E-state index contributed by atoms with van der Waals surface area (Å²) >= 11 is 0. The molecule has 2 N–H and O–H groups in total. The lowest BCUT2D eigenvalue weighted by Crippen LogP contribution is -2.45. The van der Waals surface area contributed by atoms with E-state index in [1.165, 1.54) is 0 Å². The number of nitriles is 1. The zero-order chi connectivity index (χ0) is 22.0. The zero-order valence-corrected chi connectivity index (χ0v) is 17.1. The molecule has 0 unspecified atom stereocenters. The summed E-state index contributed by atoms with van der Waals surface area (Å²) in [5, 5.41) is 14.8. The molecule has 8 nitrogen and oxygen atoms in total. The average molecular weight is 418 g/mol. The number of benzene rings is 2. The summed E-state index contributed by atoms with van der Waals surface area (Å²) in [5.74, 6) is 0.0626. The van der Waals surface area contributed by atoms with Crippen LogP contribution in [-0.4, -0.2) is 35.3 Å². The topological polar surface area (TPSA) is 112 Å². The third-order valence-electron chi connectivity index (χ3n) is 5.54. The second kappa shape index (κ2) is 8.48. The van der Waals surface area contributed by atoms with Crippen molar-refractivity contribution in [1.29, 1.82) is 5.26 Å². The van der Waals surface area contributed by atoms with E-state index in [2.05, 4.69) is 16.7 Å². The van der Waals surface area contributed by atoms with Crippen LogP contribution in [0.5, 0.6) is 5.75 Å². The van der Waals surface area contributed by atoms with Crippen LogP contribution in [0.15, 0.2) is 42.5 Å². The fourth-order valence-electron chi connectivity index (χ4n) is 3.90. The Labute approximate surface area is 179 Å². The molecule has 2 aliphatic heterocycles. The van der Waals surface area contributed by atoms with Crippen LogP contribution in [0.2, 0.25) is 0 Å². The van der Waals surface area contributed by atoms with Crippen LogP contribution in [0.25, 0.3) is 0 Å². The Balaban J connectivity index is 1.45. The van der Waals surface area contributed by atoms with E-state index >= 15 is 0 Å².